The Labute approximate surface area is 198 Å². The van der Waals surface area contributed by atoms with Gasteiger partial charge in [0.25, 0.3) is 0 Å². The lowest BCUT2D eigenvalue weighted by molar-refractivity contribution is -0.122. The lowest BCUT2D eigenvalue weighted by Gasteiger charge is -2.25. The van der Waals surface area contributed by atoms with Crippen molar-refractivity contribution in [2.45, 2.75) is 29.7 Å². The van der Waals surface area contributed by atoms with Crippen LogP contribution in [0.2, 0.25) is 0 Å². The summed E-state index contributed by atoms with van der Waals surface area (Å²) in [5.41, 5.74) is 2.70. The van der Waals surface area contributed by atoms with Gasteiger partial charge in [-0.3, -0.25) is 4.79 Å². The molecule has 1 saturated heterocycles. The maximum absolute atomic E-state index is 13.4. The zero-order valence-electron chi connectivity index (χ0n) is 18.1. The quantitative estimate of drug-likeness (QED) is 0.522. The van der Waals surface area contributed by atoms with Gasteiger partial charge in [-0.05, 0) is 47.4 Å². The highest BCUT2D eigenvalue weighted by Gasteiger charge is 2.40. The third-order valence-corrected chi connectivity index (χ3v) is 8.85. The Bertz CT molecular complexity index is 1200. The molecule has 33 heavy (non-hydrogen) atoms. The minimum atomic E-state index is -3.84. The second kappa shape index (κ2) is 10.1. The fraction of sp³-hybridized carbons (Fsp3) is 0.240. The number of sulfonamides is 1. The molecule has 0 radical (unpaired) electrons. The SMILES string of the molecule is CC[C@H](NC(=O)[C@@H]1SCCN1S(=O)(=O)c1ccc(-c2ccccc2)cc1)c1ccc(F)cc1. The number of carbonyl (C=O) groups is 1. The van der Waals surface area contributed by atoms with Gasteiger partial charge in [0.1, 0.15) is 11.2 Å². The molecule has 2 atom stereocenters. The van der Waals surface area contributed by atoms with E-state index in [1.165, 1.54) is 28.2 Å². The van der Waals surface area contributed by atoms with Gasteiger partial charge >= 0.3 is 0 Å². The second-order valence-corrected chi connectivity index (χ2v) is 10.8. The molecule has 0 saturated carbocycles. The van der Waals surface area contributed by atoms with Crippen LogP contribution >= 0.6 is 11.8 Å². The molecule has 1 amide bonds. The summed E-state index contributed by atoms with van der Waals surface area (Å²) < 4.78 is 41.2. The van der Waals surface area contributed by atoms with E-state index in [1.807, 2.05) is 37.3 Å². The van der Waals surface area contributed by atoms with Crippen LogP contribution in [0.15, 0.2) is 83.8 Å². The lowest BCUT2D eigenvalue weighted by Crippen LogP contribution is -2.45. The normalized spacial score (nSPS) is 17.6. The van der Waals surface area contributed by atoms with Crippen LogP contribution < -0.4 is 5.32 Å². The molecule has 0 aromatic heterocycles. The van der Waals surface area contributed by atoms with Gasteiger partial charge < -0.3 is 5.32 Å². The average Bonchev–Trinajstić information content (AvgIpc) is 3.35. The molecule has 0 spiro atoms. The van der Waals surface area contributed by atoms with Gasteiger partial charge in [0.05, 0.1) is 10.9 Å². The zero-order valence-corrected chi connectivity index (χ0v) is 19.8. The summed E-state index contributed by atoms with van der Waals surface area (Å²) in [7, 11) is -3.84. The Morgan fingerprint density at radius 2 is 1.67 bits per heavy atom. The molecule has 1 heterocycles. The van der Waals surface area contributed by atoms with Crippen molar-refractivity contribution >= 4 is 27.7 Å². The summed E-state index contributed by atoms with van der Waals surface area (Å²) in [5.74, 6) is -0.174. The maximum atomic E-state index is 13.4. The van der Waals surface area contributed by atoms with E-state index < -0.39 is 15.4 Å². The minimum absolute atomic E-state index is 0.160. The van der Waals surface area contributed by atoms with E-state index >= 15 is 0 Å². The standard InChI is InChI=1S/C25H25FN2O3S2/c1-2-23(20-8-12-21(26)13-9-20)27-24(29)25-28(16-17-32-25)33(30,31)22-14-10-19(11-15-22)18-6-4-3-5-7-18/h3-15,23,25H,2,16-17H2,1H3,(H,27,29)/t23-,25-/m0/s1. The van der Waals surface area contributed by atoms with Crippen LogP contribution in [0.3, 0.4) is 0 Å². The van der Waals surface area contributed by atoms with Crippen LogP contribution in [0, 0.1) is 5.82 Å². The monoisotopic (exact) mass is 484 g/mol. The third-order valence-electron chi connectivity index (χ3n) is 5.64. The number of rotatable bonds is 7. The van der Waals surface area contributed by atoms with Crippen LogP contribution in [-0.4, -0.2) is 36.3 Å². The second-order valence-electron chi connectivity index (χ2n) is 7.75. The van der Waals surface area contributed by atoms with Gasteiger partial charge in [0.2, 0.25) is 15.9 Å². The molecule has 8 heteroatoms. The van der Waals surface area contributed by atoms with Crippen molar-refractivity contribution in [3.8, 4) is 11.1 Å². The van der Waals surface area contributed by atoms with Gasteiger partial charge in [-0.2, -0.15) is 4.31 Å². The zero-order chi connectivity index (χ0) is 23.4. The largest absolute Gasteiger partial charge is 0.347 e. The molecular weight excluding hydrogens is 459 g/mol. The third kappa shape index (κ3) is 5.13. The predicted molar refractivity (Wildman–Crippen MR) is 130 cm³/mol. The van der Waals surface area contributed by atoms with E-state index in [0.29, 0.717) is 12.2 Å². The molecule has 1 fully saturated rings. The van der Waals surface area contributed by atoms with E-state index in [-0.39, 0.29) is 29.2 Å². The van der Waals surface area contributed by atoms with Crippen molar-refractivity contribution in [3.05, 3.63) is 90.2 Å². The summed E-state index contributed by atoms with van der Waals surface area (Å²) in [5, 5.41) is 2.09. The molecule has 3 aromatic rings. The number of amides is 1. The summed E-state index contributed by atoms with van der Waals surface area (Å²) in [6.45, 7) is 2.18. The molecule has 4 rings (SSSR count). The van der Waals surface area contributed by atoms with Gasteiger partial charge in [-0.15, -0.1) is 11.8 Å². The predicted octanol–water partition coefficient (Wildman–Crippen LogP) is 4.82. The maximum Gasteiger partial charge on any atom is 0.249 e. The molecule has 1 aliphatic heterocycles. The van der Waals surface area contributed by atoms with E-state index in [2.05, 4.69) is 5.32 Å². The van der Waals surface area contributed by atoms with Gasteiger partial charge in [-0.25, -0.2) is 12.8 Å². The molecule has 0 bridgehead atoms. The number of nitrogens with one attached hydrogen (secondary N) is 1. The Morgan fingerprint density at radius 1 is 1.03 bits per heavy atom. The number of benzene rings is 3. The first kappa shape index (κ1) is 23.5. The van der Waals surface area contributed by atoms with Crippen molar-refractivity contribution < 1.29 is 17.6 Å². The molecular formula is C25H25FN2O3S2. The topological polar surface area (TPSA) is 66.5 Å². The number of halogens is 1. The van der Waals surface area contributed by atoms with Crippen molar-refractivity contribution in [1.82, 2.24) is 9.62 Å². The van der Waals surface area contributed by atoms with Crippen LogP contribution in [0.25, 0.3) is 11.1 Å². The Hall–Kier alpha value is -2.68. The highest BCUT2D eigenvalue weighted by atomic mass is 32.2. The minimum Gasteiger partial charge on any atom is -0.347 e. The first-order chi connectivity index (χ1) is 15.9. The molecule has 5 nitrogen and oxygen atoms in total. The number of hydrogen-bond donors (Lipinski definition) is 1. The number of thioether (sulfide) groups is 1. The van der Waals surface area contributed by atoms with Gasteiger partial charge in [-0.1, -0.05) is 61.5 Å². The van der Waals surface area contributed by atoms with E-state index in [0.717, 1.165) is 16.7 Å². The van der Waals surface area contributed by atoms with Crippen LogP contribution in [-0.2, 0) is 14.8 Å². The van der Waals surface area contributed by atoms with Crippen LogP contribution in [0.4, 0.5) is 4.39 Å². The molecule has 0 unspecified atom stereocenters. The van der Waals surface area contributed by atoms with E-state index in [9.17, 15) is 17.6 Å². The Balaban J connectivity index is 1.51. The number of carbonyl (C=O) groups excluding carboxylic acids is 1. The first-order valence-electron chi connectivity index (χ1n) is 10.7. The van der Waals surface area contributed by atoms with E-state index in [4.69, 9.17) is 0 Å². The van der Waals surface area contributed by atoms with Crippen molar-refractivity contribution in [2.75, 3.05) is 12.3 Å². The van der Waals surface area contributed by atoms with Gasteiger partial charge in [0.15, 0.2) is 0 Å². The van der Waals surface area contributed by atoms with Crippen molar-refractivity contribution in [1.29, 1.82) is 0 Å². The lowest BCUT2D eigenvalue weighted by atomic mass is 10.0. The average molecular weight is 485 g/mol. The molecule has 172 valence electrons. The summed E-state index contributed by atoms with van der Waals surface area (Å²) >= 11 is 1.30. The smallest absolute Gasteiger partial charge is 0.249 e. The van der Waals surface area contributed by atoms with E-state index in [1.54, 1.807) is 36.4 Å². The fourth-order valence-electron chi connectivity index (χ4n) is 3.85. The molecule has 0 aliphatic carbocycles. The van der Waals surface area contributed by atoms with Crippen molar-refractivity contribution in [2.24, 2.45) is 0 Å². The number of hydrogen-bond acceptors (Lipinski definition) is 4. The Morgan fingerprint density at radius 3 is 2.30 bits per heavy atom. The summed E-state index contributed by atoms with van der Waals surface area (Å²) in [6, 6.07) is 22.1. The number of nitrogens with zero attached hydrogens (tertiary/aromatic N) is 1. The fourth-order valence-corrected chi connectivity index (χ4v) is 6.94. The first-order valence-corrected chi connectivity index (χ1v) is 13.2. The van der Waals surface area contributed by atoms with Crippen molar-refractivity contribution in [3.63, 3.8) is 0 Å². The molecule has 3 aromatic carbocycles. The summed E-state index contributed by atoms with van der Waals surface area (Å²) in [4.78, 5) is 13.2. The van der Waals surface area contributed by atoms with Crippen LogP contribution in [0.5, 0.6) is 0 Å². The molecule has 1 aliphatic rings. The Kier molecular flexibility index (Phi) is 7.17. The highest BCUT2D eigenvalue weighted by Crippen LogP contribution is 2.32. The van der Waals surface area contributed by atoms with Gasteiger partial charge in [0, 0.05) is 12.3 Å². The summed E-state index contributed by atoms with van der Waals surface area (Å²) in [6.07, 6.45) is 0.600. The highest BCUT2D eigenvalue weighted by molar-refractivity contribution is 8.02. The van der Waals surface area contributed by atoms with Crippen LogP contribution in [0.1, 0.15) is 24.9 Å². The molecule has 1 N–H and O–H groups in total.